The predicted molar refractivity (Wildman–Crippen MR) is 184 cm³/mol. The molecule has 54 heavy (non-hydrogen) atoms. The number of benzene rings is 3. The minimum Gasteiger partial charge on any atom is -0.478 e. The maximum Gasteiger partial charge on any atom is 0.397 e. The number of halogens is 1. The molecule has 9 N–H and O–H groups in total. The number of carboxylic acid groups (broad SMARTS) is 1. The molecule has 4 aromatic rings. The van der Waals surface area contributed by atoms with E-state index in [0.717, 1.165) is 30.3 Å². The lowest BCUT2D eigenvalue weighted by molar-refractivity contribution is 0.0697. The van der Waals surface area contributed by atoms with E-state index in [2.05, 4.69) is 45.3 Å². The second-order valence-corrected chi connectivity index (χ2v) is 16.4. The van der Waals surface area contributed by atoms with Gasteiger partial charge in [-0.1, -0.05) is 0 Å². The molecule has 0 spiro atoms. The van der Waals surface area contributed by atoms with Gasteiger partial charge < -0.3 is 26.8 Å². The van der Waals surface area contributed by atoms with E-state index in [-0.39, 0.29) is 17.1 Å². The van der Waals surface area contributed by atoms with Crippen molar-refractivity contribution in [1.82, 2.24) is 15.0 Å². The molecule has 0 unspecified atom stereocenters. The van der Waals surface area contributed by atoms with Crippen LogP contribution in [0.15, 0.2) is 79.5 Å². The summed E-state index contributed by atoms with van der Waals surface area (Å²) in [4.78, 5) is 32.5. The SMILES string of the molecule is NC(=O)Nc1ccc(N=Nc2ccc(S(=O)(=O)CCOS(=O)(=O)O)cc2S(=O)(=O)O)c(Nc2nc(Cl)nc(Nc3cc(S(=O)(=O)O)ccc3C(=O)O)n2)c1. The van der Waals surface area contributed by atoms with Gasteiger partial charge in [-0.25, -0.2) is 22.2 Å². The van der Waals surface area contributed by atoms with Gasteiger partial charge in [0.2, 0.25) is 17.2 Å². The number of aromatic carboxylic acids is 1. The van der Waals surface area contributed by atoms with Crippen LogP contribution in [0.3, 0.4) is 0 Å². The van der Waals surface area contributed by atoms with Crippen LogP contribution >= 0.6 is 11.6 Å². The molecule has 3 aromatic carbocycles. The maximum absolute atomic E-state index is 12.6. The lowest BCUT2D eigenvalue weighted by atomic mass is 10.2. The van der Waals surface area contributed by atoms with Crippen molar-refractivity contribution in [2.24, 2.45) is 16.0 Å². The summed E-state index contributed by atoms with van der Waals surface area (Å²) < 4.78 is 126. The second kappa shape index (κ2) is 15.9. The van der Waals surface area contributed by atoms with Crippen LogP contribution in [0.1, 0.15) is 10.4 Å². The average molecular weight is 852 g/mol. The summed E-state index contributed by atoms with van der Waals surface area (Å²) in [6.07, 6.45) is 0. The zero-order chi connectivity index (χ0) is 40.2. The number of azo groups is 1. The predicted octanol–water partition coefficient (Wildman–Crippen LogP) is 2.70. The summed E-state index contributed by atoms with van der Waals surface area (Å²) in [7, 11) is -19.4. The molecule has 0 aliphatic carbocycles. The van der Waals surface area contributed by atoms with E-state index >= 15 is 0 Å². The molecule has 0 aliphatic rings. The zero-order valence-corrected chi connectivity index (χ0v) is 30.2. The summed E-state index contributed by atoms with van der Waals surface area (Å²) in [5.74, 6) is -3.40. The number of carbonyl (C=O) groups excluding carboxylic acids is 1. The van der Waals surface area contributed by atoms with Crippen LogP contribution < -0.4 is 21.7 Å². The first-order valence-electron chi connectivity index (χ1n) is 13.8. The van der Waals surface area contributed by atoms with E-state index in [9.17, 15) is 57.5 Å². The van der Waals surface area contributed by atoms with Gasteiger partial charge in [-0.05, 0) is 66.2 Å². The van der Waals surface area contributed by atoms with Crippen LogP contribution in [0, 0.1) is 0 Å². The van der Waals surface area contributed by atoms with Gasteiger partial charge in [0.1, 0.15) is 16.3 Å². The number of aromatic nitrogens is 3. The van der Waals surface area contributed by atoms with Gasteiger partial charge >= 0.3 is 22.4 Å². The van der Waals surface area contributed by atoms with Crippen molar-refractivity contribution < 1.29 is 66.2 Å². The van der Waals surface area contributed by atoms with Crippen molar-refractivity contribution in [3.63, 3.8) is 0 Å². The number of carbonyl (C=O) groups is 2. The van der Waals surface area contributed by atoms with Crippen LogP contribution in [0.25, 0.3) is 0 Å². The number of amides is 2. The molecule has 24 nitrogen and oxygen atoms in total. The number of urea groups is 1. The Hall–Kier alpha value is -5.46. The van der Waals surface area contributed by atoms with Crippen molar-refractivity contribution in [1.29, 1.82) is 0 Å². The summed E-state index contributed by atoms with van der Waals surface area (Å²) in [6.45, 7) is -1.03. The van der Waals surface area contributed by atoms with Crippen molar-refractivity contribution in [2.75, 3.05) is 28.3 Å². The number of anilines is 5. The van der Waals surface area contributed by atoms with Gasteiger partial charge in [-0.2, -0.15) is 40.2 Å². The molecule has 0 radical (unpaired) electrons. The largest absolute Gasteiger partial charge is 0.478 e. The Balaban J connectivity index is 1.74. The molecule has 29 heteroatoms. The Morgan fingerprint density at radius 1 is 0.759 bits per heavy atom. The maximum atomic E-state index is 12.6. The molecule has 0 fully saturated rings. The van der Waals surface area contributed by atoms with Crippen molar-refractivity contribution >= 4 is 104 Å². The van der Waals surface area contributed by atoms with E-state index in [4.69, 9.17) is 21.9 Å². The lowest BCUT2D eigenvalue weighted by Crippen LogP contribution is -2.19. The van der Waals surface area contributed by atoms with Crippen molar-refractivity contribution in [2.45, 2.75) is 14.7 Å². The van der Waals surface area contributed by atoms with Crippen LogP contribution in [0.4, 0.5) is 45.1 Å². The van der Waals surface area contributed by atoms with Gasteiger partial charge in [0, 0.05) is 5.69 Å². The molecule has 0 saturated heterocycles. The van der Waals surface area contributed by atoms with Gasteiger partial charge in [-0.3, -0.25) is 13.7 Å². The smallest absolute Gasteiger partial charge is 0.397 e. The molecule has 288 valence electrons. The van der Waals surface area contributed by atoms with Crippen LogP contribution in [-0.4, -0.2) is 91.7 Å². The zero-order valence-electron chi connectivity index (χ0n) is 26.2. The number of primary amides is 1. The minimum absolute atomic E-state index is 0.0433. The number of nitrogens with one attached hydrogen (secondary N) is 3. The molecule has 1 heterocycles. The molecule has 2 amide bonds. The molecule has 0 aliphatic heterocycles. The number of nitrogens with two attached hydrogens (primary N) is 1. The quantitative estimate of drug-likeness (QED) is 0.0629. The second-order valence-electron chi connectivity index (χ2n) is 10.1. The Morgan fingerprint density at radius 2 is 1.35 bits per heavy atom. The fraction of sp³-hybridized carbons (Fsp3) is 0.0800. The van der Waals surface area contributed by atoms with E-state index in [0.29, 0.717) is 6.07 Å². The molecule has 0 bridgehead atoms. The highest BCUT2D eigenvalue weighted by Crippen LogP contribution is 2.35. The number of hydrogen-bond acceptors (Lipinski definition) is 18. The molecule has 0 atom stereocenters. The molecular formula is C25H22ClN9O15S4. The molecule has 1 aromatic heterocycles. The Morgan fingerprint density at radius 3 is 1.93 bits per heavy atom. The highest BCUT2D eigenvalue weighted by Gasteiger charge is 2.23. The summed E-state index contributed by atoms with van der Waals surface area (Å²) in [5, 5.41) is 24.2. The van der Waals surface area contributed by atoms with Crippen molar-refractivity contribution in [3.05, 3.63) is 65.4 Å². The summed E-state index contributed by atoms with van der Waals surface area (Å²) in [5.41, 5.74) is 3.47. The Kier molecular flexibility index (Phi) is 12.1. The Bertz CT molecular complexity index is 2640. The highest BCUT2D eigenvalue weighted by molar-refractivity contribution is 7.91. The fourth-order valence-electron chi connectivity index (χ4n) is 4.07. The first-order chi connectivity index (χ1) is 24.9. The third-order valence-electron chi connectivity index (χ3n) is 6.30. The van der Waals surface area contributed by atoms with Gasteiger partial charge in [-0.15, -0.1) is 10.2 Å². The molecule has 0 saturated carbocycles. The first-order valence-corrected chi connectivity index (χ1v) is 20.1. The van der Waals surface area contributed by atoms with E-state index in [1.807, 2.05) is 0 Å². The first kappa shape index (κ1) is 41.3. The fourth-order valence-corrected chi connectivity index (χ4v) is 6.97. The average Bonchev–Trinajstić information content (AvgIpc) is 3.02. The molecular weight excluding hydrogens is 830 g/mol. The van der Waals surface area contributed by atoms with Gasteiger partial charge in [0.15, 0.2) is 9.84 Å². The summed E-state index contributed by atoms with van der Waals surface area (Å²) in [6, 6.07) is 7.38. The Labute approximate surface area is 308 Å². The minimum atomic E-state index is -5.19. The third-order valence-corrected chi connectivity index (χ3v) is 10.3. The highest BCUT2D eigenvalue weighted by atomic mass is 35.5. The summed E-state index contributed by atoms with van der Waals surface area (Å²) >= 11 is 6.04. The van der Waals surface area contributed by atoms with Crippen molar-refractivity contribution in [3.8, 4) is 0 Å². The number of nitrogens with zero attached hydrogens (tertiary/aromatic N) is 5. The topological polar surface area (TPSA) is 386 Å². The van der Waals surface area contributed by atoms with Gasteiger partial charge in [0.25, 0.3) is 20.2 Å². The standard InChI is InChI=1S/C25H22ClN9O15S4/c26-22-31-24(29-18-10-14(52(41,42)43)2-4-15(18)21(36)37)33-25(32-22)30-19-9-12(28-23(27)38)1-5-16(19)34-35-17-6-3-13(11-20(17)53(44,45)46)51(39,40)8-7-50-54(47,48)49/h1-6,9-11H,7-8H2,(H,36,37)(H3,27,28,38)(H,41,42,43)(H,44,45,46)(H,47,48,49)(H2,29,30,31,32,33). The van der Waals surface area contributed by atoms with E-state index in [1.165, 1.54) is 18.2 Å². The monoisotopic (exact) mass is 851 g/mol. The molecule has 4 rings (SSSR count). The third kappa shape index (κ3) is 11.3. The lowest BCUT2D eigenvalue weighted by Gasteiger charge is -2.13. The normalized spacial score (nSPS) is 12.4. The number of hydrogen-bond donors (Lipinski definition) is 8. The van der Waals surface area contributed by atoms with E-state index in [1.54, 1.807) is 0 Å². The van der Waals surface area contributed by atoms with Gasteiger partial charge in [0.05, 0.1) is 39.1 Å². The van der Waals surface area contributed by atoms with Crippen LogP contribution in [-0.2, 0) is 44.7 Å². The number of sulfone groups is 1. The number of rotatable bonds is 15. The van der Waals surface area contributed by atoms with Crippen LogP contribution in [0.5, 0.6) is 0 Å². The van der Waals surface area contributed by atoms with E-state index < -0.39 is 114 Å². The number of carboxylic acids is 1. The van der Waals surface area contributed by atoms with Crippen LogP contribution in [0.2, 0.25) is 5.28 Å².